The molecule has 26 heavy (non-hydrogen) atoms. The van der Waals surface area contributed by atoms with E-state index in [1.165, 1.54) is 10.8 Å². The Labute approximate surface area is 161 Å². The highest BCUT2D eigenvalue weighted by atomic mass is 79.9. The maximum Gasteiger partial charge on any atom is 0.421 e. The molecule has 8 heteroatoms. The zero-order valence-corrected chi connectivity index (χ0v) is 17.0. The van der Waals surface area contributed by atoms with E-state index in [0.29, 0.717) is 5.69 Å². The Bertz CT molecular complexity index is 792. The molecular formula is C18H23BrN4O3. The fourth-order valence-corrected chi connectivity index (χ4v) is 2.42. The molecule has 0 saturated heterocycles. The Morgan fingerprint density at radius 1 is 1.19 bits per heavy atom. The lowest BCUT2D eigenvalue weighted by molar-refractivity contribution is 0.0543. The van der Waals surface area contributed by atoms with E-state index in [2.05, 4.69) is 31.5 Å². The molecule has 7 nitrogen and oxygen atoms in total. The molecule has 2 amide bonds. The van der Waals surface area contributed by atoms with Crippen molar-refractivity contribution in [1.82, 2.24) is 14.9 Å². The Kier molecular flexibility index (Phi) is 6.07. The van der Waals surface area contributed by atoms with Crippen molar-refractivity contribution in [3.63, 3.8) is 0 Å². The van der Waals surface area contributed by atoms with E-state index in [1.54, 1.807) is 20.8 Å². The summed E-state index contributed by atoms with van der Waals surface area (Å²) in [4.78, 5) is 29.0. The first-order chi connectivity index (χ1) is 12.1. The molecule has 140 valence electrons. The van der Waals surface area contributed by atoms with E-state index in [4.69, 9.17) is 4.74 Å². The molecular weight excluding hydrogens is 400 g/mol. The van der Waals surface area contributed by atoms with E-state index in [1.807, 2.05) is 38.1 Å². The summed E-state index contributed by atoms with van der Waals surface area (Å²) in [6, 6.07) is 6.92. The highest BCUT2D eigenvalue weighted by Gasteiger charge is 2.25. The average Bonchev–Trinajstić information content (AvgIpc) is 2.89. The number of hydrogen-bond acceptors (Lipinski definition) is 4. The number of rotatable bonds is 3. The largest absolute Gasteiger partial charge is 0.443 e. The van der Waals surface area contributed by atoms with Crippen LogP contribution in [0.4, 0.5) is 15.5 Å². The van der Waals surface area contributed by atoms with Crippen molar-refractivity contribution in [3.8, 4) is 11.3 Å². The van der Waals surface area contributed by atoms with Gasteiger partial charge in [-0.3, -0.25) is 5.32 Å². The van der Waals surface area contributed by atoms with Crippen LogP contribution in [-0.2, 0) is 4.74 Å². The molecule has 0 aliphatic heterocycles. The fourth-order valence-electron chi connectivity index (χ4n) is 2.16. The zero-order chi connectivity index (χ0) is 19.5. The lowest BCUT2D eigenvalue weighted by Crippen LogP contribution is -2.36. The second-order valence-electron chi connectivity index (χ2n) is 7.04. The van der Waals surface area contributed by atoms with Gasteiger partial charge in [-0.05, 0) is 46.8 Å². The first kappa shape index (κ1) is 20.0. The van der Waals surface area contributed by atoms with Crippen LogP contribution < -0.4 is 10.6 Å². The number of imidazole rings is 1. The number of carbonyl (C=O) groups is 2. The molecule has 0 aliphatic rings. The highest BCUT2D eigenvalue weighted by Crippen LogP contribution is 2.26. The Morgan fingerprint density at radius 2 is 1.81 bits per heavy atom. The summed E-state index contributed by atoms with van der Waals surface area (Å²) in [5.41, 5.74) is 0.603. The van der Waals surface area contributed by atoms with Crippen LogP contribution in [0, 0.1) is 0 Å². The Balaban J connectivity index is 2.43. The van der Waals surface area contributed by atoms with Gasteiger partial charge >= 0.3 is 12.1 Å². The summed E-state index contributed by atoms with van der Waals surface area (Å²) in [6.07, 6.45) is 0.908. The van der Waals surface area contributed by atoms with E-state index >= 15 is 0 Å². The SMILES string of the molecule is CC(C)NC(=O)Nc1ncc(-c2ccc(Br)cc2)n1C(=O)OC(C)(C)C. The van der Waals surface area contributed by atoms with Gasteiger partial charge in [-0.15, -0.1) is 0 Å². The second kappa shape index (κ2) is 7.90. The minimum atomic E-state index is -0.685. The minimum Gasteiger partial charge on any atom is -0.443 e. The quantitative estimate of drug-likeness (QED) is 0.754. The predicted octanol–water partition coefficient (Wildman–Crippen LogP) is 4.63. The summed E-state index contributed by atoms with van der Waals surface area (Å²) in [5, 5.41) is 5.30. The molecule has 0 unspecified atom stereocenters. The number of benzene rings is 1. The number of carbonyl (C=O) groups excluding carboxylic acids is 2. The first-order valence-corrected chi connectivity index (χ1v) is 9.00. The van der Waals surface area contributed by atoms with Gasteiger partial charge in [0, 0.05) is 16.1 Å². The van der Waals surface area contributed by atoms with Gasteiger partial charge in [0.2, 0.25) is 5.95 Å². The van der Waals surface area contributed by atoms with Gasteiger partial charge in [-0.25, -0.2) is 19.1 Å². The van der Waals surface area contributed by atoms with Crippen LogP contribution in [0.15, 0.2) is 34.9 Å². The molecule has 2 rings (SSSR count). The van der Waals surface area contributed by atoms with Crippen LogP contribution in [0.1, 0.15) is 34.6 Å². The third-order valence-corrected chi connectivity index (χ3v) is 3.65. The van der Waals surface area contributed by atoms with Gasteiger partial charge in [0.15, 0.2) is 0 Å². The summed E-state index contributed by atoms with van der Waals surface area (Å²) >= 11 is 3.39. The van der Waals surface area contributed by atoms with Crippen molar-refractivity contribution >= 4 is 34.0 Å². The van der Waals surface area contributed by atoms with Gasteiger partial charge in [-0.1, -0.05) is 28.1 Å². The van der Waals surface area contributed by atoms with E-state index in [9.17, 15) is 9.59 Å². The Hall–Kier alpha value is -2.35. The lowest BCUT2D eigenvalue weighted by atomic mass is 10.2. The number of ether oxygens (including phenoxy) is 1. The molecule has 1 aromatic heterocycles. The third kappa shape index (κ3) is 5.32. The number of aromatic nitrogens is 2. The van der Waals surface area contributed by atoms with Crippen LogP contribution in [0.3, 0.4) is 0 Å². The maximum absolute atomic E-state index is 12.7. The number of amides is 2. The molecule has 2 aromatic rings. The van der Waals surface area contributed by atoms with Crippen LogP contribution in [-0.4, -0.2) is 33.3 Å². The molecule has 0 saturated carbocycles. The van der Waals surface area contributed by atoms with Crippen LogP contribution in [0.25, 0.3) is 11.3 Å². The van der Waals surface area contributed by atoms with Crippen molar-refractivity contribution in [1.29, 1.82) is 0 Å². The summed E-state index contributed by atoms with van der Waals surface area (Å²) in [6.45, 7) is 9.01. The van der Waals surface area contributed by atoms with Crippen molar-refractivity contribution in [2.75, 3.05) is 5.32 Å². The summed E-state index contributed by atoms with van der Waals surface area (Å²) in [7, 11) is 0. The molecule has 0 atom stereocenters. The van der Waals surface area contributed by atoms with Gasteiger partial charge in [0.05, 0.1) is 11.9 Å². The van der Waals surface area contributed by atoms with E-state index in [0.717, 1.165) is 10.0 Å². The average molecular weight is 423 g/mol. The summed E-state index contributed by atoms with van der Waals surface area (Å²) < 4.78 is 7.65. The smallest absolute Gasteiger partial charge is 0.421 e. The number of urea groups is 1. The fraction of sp³-hybridized carbons (Fsp3) is 0.389. The molecule has 2 N–H and O–H groups in total. The zero-order valence-electron chi connectivity index (χ0n) is 15.5. The summed E-state index contributed by atoms with van der Waals surface area (Å²) in [5.74, 6) is 0.0929. The molecule has 0 aliphatic carbocycles. The van der Waals surface area contributed by atoms with E-state index < -0.39 is 17.7 Å². The molecule has 0 radical (unpaired) electrons. The van der Waals surface area contributed by atoms with Crippen molar-refractivity contribution in [3.05, 3.63) is 34.9 Å². The normalized spacial score (nSPS) is 11.3. The molecule has 0 spiro atoms. The van der Waals surface area contributed by atoms with Gasteiger partial charge in [-0.2, -0.15) is 0 Å². The van der Waals surface area contributed by atoms with Gasteiger partial charge in [0.1, 0.15) is 5.60 Å². The molecule has 1 aromatic carbocycles. The van der Waals surface area contributed by atoms with Crippen LogP contribution in [0.2, 0.25) is 0 Å². The number of halogens is 1. The van der Waals surface area contributed by atoms with E-state index in [-0.39, 0.29) is 12.0 Å². The standard InChI is InChI=1S/C18H23BrN4O3/c1-11(2)21-16(24)22-15-20-10-14(12-6-8-13(19)9-7-12)23(15)17(25)26-18(3,4)5/h6-11H,1-5H3,(H2,20,21,22,24). The number of nitrogens with zero attached hydrogens (tertiary/aromatic N) is 2. The number of hydrogen-bond donors (Lipinski definition) is 2. The molecule has 0 bridgehead atoms. The first-order valence-electron chi connectivity index (χ1n) is 8.21. The van der Waals surface area contributed by atoms with Crippen molar-refractivity contribution < 1.29 is 14.3 Å². The van der Waals surface area contributed by atoms with Gasteiger partial charge in [0.25, 0.3) is 0 Å². The Morgan fingerprint density at radius 3 is 2.35 bits per heavy atom. The molecule has 0 fully saturated rings. The number of nitrogens with one attached hydrogen (secondary N) is 2. The molecule has 1 heterocycles. The van der Waals surface area contributed by atoms with Crippen molar-refractivity contribution in [2.24, 2.45) is 0 Å². The van der Waals surface area contributed by atoms with Crippen LogP contribution in [0.5, 0.6) is 0 Å². The monoisotopic (exact) mass is 422 g/mol. The lowest BCUT2D eigenvalue weighted by Gasteiger charge is -2.21. The van der Waals surface area contributed by atoms with Crippen molar-refractivity contribution in [2.45, 2.75) is 46.3 Å². The second-order valence-corrected chi connectivity index (χ2v) is 7.96. The maximum atomic E-state index is 12.7. The topological polar surface area (TPSA) is 85.3 Å². The van der Waals surface area contributed by atoms with Crippen LogP contribution >= 0.6 is 15.9 Å². The highest BCUT2D eigenvalue weighted by molar-refractivity contribution is 9.10. The minimum absolute atomic E-state index is 0.0501. The third-order valence-electron chi connectivity index (χ3n) is 3.12. The number of anilines is 1. The predicted molar refractivity (Wildman–Crippen MR) is 104 cm³/mol. The van der Waals surface area contributed by atoms with Gasteiger partial charge < -0.3 is 10.1 Å².